The van der Waals surface area contributed by atoms with Crippen LogP contribution in [-0.4, -0.2) is 30.9 Å². The Bertz CT molecular complexity index is 1170. The lowest BCUT2D eigenvalue weighted by molar-refractivity contribution is -0.120. The van der Waals surface area contributed by atoms with Gasteiger partial charge in [0.25, 0.3) is 0 Å². The first-order chi connectivity index (χ1) is 14.4. The molecule has 1 heterocycles. The topological polar surface area (TPSA) is 123 Å². The second kappa shape index (κ2) is 8.55. The zero-order valence-electron chi connectivity index (χ0n) is 18.2. The number of sulfonamides is 1. The number of anilines is 1. The number of carbonyl (C=O) groups is 2. The van der Waals surface area contributed by atoms with Crippen LogP contribution < -0.4 is 15.7 Å². The highest BCUT2D eigenvalue weighted by atomic mass is 32.2. The number of ketones is 1. The van der Waals surface area contributed by atoms with Crippen LogP contribution in [0.15, 0.2) is 33.5 Å². The molecule has 9 heteroatoms. The van der Waals surface area contributed by atoms with Gasteiger partial charge in [-0.2, -0.15) is 0 Å². The third kappa shape index (κ3) is 5.22. The molecule has 1 aliphatic carbocycles. The summed E-state index contributed by atoms with van der Waals surface area (Å²) in [7, 11) is -3.42. The molecule has 0 spiro atoms. The van der Waals surface area contributed by atoms with Crippen molar-refractivity contribution < 1.29 is 22.4 Å². The zero-order chi connectivity index (χ0) is 23.0. The maximum atomic E-state index is 12.7. The molecular formula is C22H28N2O6S. The van der Waals surface area contributed by atoms with Gasteiger partial charge in [-0.15, -0.1) is 0 Å². The standard InChI is InChI=1S/C22H28N2O6S/c1-13(25)18-12-15-11-17(9-10-19(15)30-21(18)27)23-20(26)14-5-7-16(8-6-14)24-31(28,29)22(2,3)4/h9-12,14,16,24H,5-8H2,1-4H3,(H,23,26). The number of rotatable bonds is 5. The smallest absolute Gasteiger partial charge is 0.347 e. The van der Waals surface area contributed by atoms with Crippen molar-refractivity contribution in [3.63, 3.8) is 0 Å². The van der Waals surface area contributed by atoms with E-state index in [0.717, 1.165) is 0 Å². The number of hydrogen-bond donors (Lipinski definition) is 2. The van der Waals surface area contributed by atoms with Crippen LogP contribution >= 0.6 is 0 Å². The summed E-state index contributed by atoms with van der Waals surface area (Å²) < 4.78 is 31.7. The second-order valence-electron chi connectivity index (χ2n) is 9.03. The van der Waals surface area contributed by atoms with Crippen molar-refractivity contribution in [2.45, 2.75) is 64.2 Å². The molecule has 8 nitrogen and oxygen atoms in total. The lowest BCUT2D eigenvalue weighted by atomic mass is 9.86. The predicted molar refractivity (Wildman–Crippen MR) is 119 cm³/mol. The molecule has 0 radical (unpaired) electrons. The summed E-state index contributed by atoms with van der Waals surface area (Å²) in [6.45, 7) is 6.26. The normalized spacial score (nSPS) is 19.9. The first kappa shape index (κ1) is 23.1. The van der Waals surface area contributed by atoms with E-state index in [2.05, 4.69) is 10.0 Å². The molecule has 2 aromatic rings. The van der Waals surface area contributed by atoms with Crippen molar-refractivity contribution in [1.82, 2.24) is 4.72 Å². The number of carbonyl (C=O) groups excluding carboxylic acids is 2. The van der Waals surface area contributed by atoms with Gasteiger partial charge in [-0.1, -0.05) is 0 Å². The quantitative estimate of drug-likeness (QED) is 0.535. The molecule has 1 fully saturated rings. The Balaban J connectivity index is 1.65. The van der Waals surface area contributed by atoms with Crippen LogP contribution in [0.25, 0.3) is 11.0 Å². The largest absolute Gasteiger partial charge is 0.422 e. The molecule has 0 bridgehead atoms. The summed E-state index contributed by atoms with van der Waals surface area (Å²) in [5, 5.41) is 3.42. The summed E-state index contributed by atoms with van der Waals surface area (Å²) in [5.41, 5.74) is 0.152. The Morgan fingerprint density at radius 3 is 2.29 bits per heavy atom. The van der Waals surface area contributed by atoms with Gasteiger partial charge in [-0.3, -0.25) is 9.59 Å². The SMILES string of the molecule is CC(=O)c1cc2cc(NC(=O)C3CCC(NS(=O)(=O)C(C)(C)C)CC3)ccc2oc1=O. The second-order valence-corrected chi connectivity index (χ2v) is 11.5. The van der Waals surface area contributed by atoms with Crippen LogP contribution in [0.3, 0.4) is 0 Å². The Morgan fingerprint density at radius 2 is 1.71 bits per heavy atom. The monoisotopic (exact) mass is 448 g/mol. The minimum absolute atomic E-state index is 0.0352. The van der Waals surface area contributed by atoms with Crippen molar-refractivity contribution in [3.8, 4) is 0 Å². The highest BCUT2D eigenvalue weighted by Gasteiger charge is 2.34. The molecule has 31 heavy (non-hydrogen) atoms. The zero-order valence-corrected chi connectivity index (χ0v) is 19.0. The van der Waals surface area contributed by atoms with Crippen LogP contribution in [0.4, 0.5) is 5.69 Å². The molecule has 0 atom stereocenters. The lowest BCUT2D eigenvalue weighted by Crippen LogP contribution is -2.46. The fraction of sp³-hybridized carbons (Fsp3) is 0.500. The minimum Gasteiger partial charge on any atom is -0.422 e. The van der Waals surface area contributed by atoms with Gasteiger partial charge in [0.15, 0.2) is 5.78 Å². The molecule has 1 saturated carbocycles. The number of hydrogen-bond acceptors (Lipinski definition) is 6. The van der Waals surface area contributed by atoms with Crippen LogP contribution in [-0.2, 0) is 14.8 Å². The molecule has 1 amide bonds. The van der Waals surface area contributed by atoms with E-state index < -0.39 is 20.4 Å². The third-order valence-corrected chi connectivity index (χ3v) is 7.86. The molecule has 3 rings (SSSR count). The van der Waals surface area contributed by atoms with E-state index in [-0.39, 0.29) is 29.2 Å². The highest BCUT2D eigenvalue weighted by Crippen LogP contribution is 2.28. The first-order valence-electron chi connectivity index (χ1n) is 10.3. The number of benzene rings is 1. The Morgan fingerprint density at radius 1 is 1.06 bits per heavy atom. The van der Waals surface area contributed by atoms with E-state index in [4.69, 9.17) is 4.42 Å². The van der Waals surface area contributed by atoms with Gasteiger partial charge >= 0.3 is 5.63 Å². The molecule has 2 N–H and O–H groups in total. The van der Waals surface area contributed by atoms with E-state index in [9.17, 15) is 22.8 Å². The molecule has 1 aromatic carbocycles. The van der Waals surface area contributed by atoms with Gasteiger partial charge < -0.3 is 9.73 Å². The lowest BCUT2D eigenvalue weighted by Gasteiger charge is -2.30. The Hall–Kier alpha value is -2.52. The van der Waals surface area contributed by atoms with Gasteiger partial charge in [0, 0.05) is 23.0 Å². The van der Waals surface area contributed by atoms with E-state index >= 15 is 0 Å². The van der Waals surface area contributed by atoms with E-state index in [0.29, 0.717) is 42.3 Å². The summed E-state index contributed by atoms with van der Waals surface area (Å²) in [6, 6.07) is 6.17. The van der Waals surface area contributed by atoms with Crippen molar-refractivity contribution >= 4 is 38.4 Å². The fourth-order valence-corrected chi connectivity index (χ4v) is 4.59. The third-order valence-electron chi connectivity index (χ3n) is 5.61. The average molecular weight is 449 g/mol. The van der Waals surface area contributed by atoms with E-state index in [1.165, 1.54) is 13.0 Å². The maximum Gasteiger partial charge on any atom is 0.347 e. The summed E-state index contributed by atoms with van der Waals surface area (Å²) >= 11 is 0. The van der Waals surface area contributed by atoms with Gasteiger partial charge in [-0.05, 0) is 77.6 Å². The minimum atomic E-state index is -3.42. The highest BCUT2D eigenvalue weighted by molar-refractivity contribution is 7.90. The van der Waals surface area contributed by atoms with E-state index in [1.54, 1.807) is 39.0 Å². The molecule has 168 valence electrons. The number of fused-ring (bicyclic) bond motifs is 1. The van der Waals surface area contributed by atoms with Crippen molar-refractivity contribution in [3.05, 3.63) is 40.2 Å². The Kier molecular flexibility index (Phi) is 6.38. The summed E-state index contributed by atoms with van der Waals surface area (Å²) in [4.78, 5) is 36.1. The van der Waals surface area contributed by atoms with Crippen molar-refractivity contribution in [2.75, 3.05) is 5.32 Å². The first-order valence-corrected chi connectivity index (χ1v) is 11.8. The number of nitrogens with one attached hydrogen (secondary N) is 2. The van der Waals surface area contributed by atoms with Gasteiger partial charge in [-0.25, -0.2) is 17.9 Å². The molecule has 1 aromatic heterocycles. The molecule has 0 saturated heterocycles. The maximum absolute atomic E-state index is 12.7. The van der Waals surface area contributed by atoms with Crippen LogP contribution in [0.1, 0.15) is 63.7 Å². The van der Waals surface area contributed by atoms with E-state index in [1.807, 2.05) is 0 Å². The van der Waals surface area contributed by atoms with Gasteiger partial charge in [0.1, 0.15) is 11.1 Å². The summed E-state index contributed by atoms with van der Waals surface area (Å²) in [6.07, 6.45) is 2.36. The Labute approximate surface area is 181 Å². The number of Topliss-reactive ketones (excluding diaryl/α,β-unsaturated/α-hetero) is 1. The molecule has 0 unspecified atom stereocenters. The average Bonchev–Trinajstić information content (AvgIpc) is 2.66. The number of amides is 1. The molecule has 1 aliphatic rings. The van der Waals surface area contributed by atoms with Crippen molar-refractivity contribution in [1.29, 1.82) is 0 Å². The van der Waals surface area contributed by atoms with Gasteiger partial charge in [0.05, 0.1) is 4.75 Å². The summed E-state index contributed by atoms with van der Waals surface area (Å²) in [5.74, 6) is -0.739. The molecule has 0 aliphatic heterocycles. The fourth-order valence-electron chi connectivity index (χ4n) is 3.56. The predicted octanol–water partition coefficient (Wildman–Crippen LogP) is 3.21. The van der Waals surface area contributed by atoms with Crippen LogP contribution in [0, 0.1) is 5.92 Å². The van der Waals surface area contributed by atoms with Crippen molar-refractivity contribution in [2.24, 2.45) is 5.92 Å². The van der Waals surface area contributed by atoms with Crippen LogP contribution in [0.5, 0.6) is 0 Å². The van der Waals surface area contributed by atoms with Crippen LogP contribution in [0.2, 0.25) is 0 Å². The van der Waals surface area contributed by atoms with Gasteiger partial charge in [0.2, 0.25) is 15.9 Å². The molecular weight excluding hydrogens is 420 g/mol.